The number of aromatic nitrogens is 1. The van der Waals surface area contributed by atoms with Gasteiger partial charge < -0.3 is 18.8 Å². The quantitative estimate of drug-likeness (QED) is 0.267. The van der Waals surface area contributed by atoms with Crippen LogP contribution in [0.5, 0.6) is 11.5 Å². The van der Waals surface area contributed by atoms with Crippen LogP contribution >= 0.6 is 15.9 Å². The van der Waals surface area contributed by atoms with Crippen molar-refractivity contribution in [3.63, 3.8) is 0 Å². The Bertz CT molecular complexity index is 1090. The molecule has 0 saturated heterocycles. The smallest absolute Gasteiger partial charge is 0.340 e. The Labute approximate surface area is 190 Å². The first kappa shape index (κ1) is 22.9. The summed E-state index contributed by atoms with van der Waals surface area (Å²) >= 11 is 3.55. The number of esters is 1. The molecule has 0 atom stereocenters. The molecule has 6 nitrogen and oxygen atoms in total. The molecule has 0 saturated carbocycles. The fraction of sp³-hybridized carbons (Fsp3) is 0.333. The number of carbonyl (C=O) groups excluding carboxylic acids is 2. The molecule has 0 spiro atoms. The number of para-hydroxylation sites is 1. The van der Waals surface area contributed by atoms with Gasteiger partial charge in [-0.05, 0) is 53.5 Å². The Morgan fingerprint density at radius 1 is 1.16 bits per heavy atom. The Kier molecular flexibility index (Phi) is 7.74. The van der Waals surface area contributed by atoms with Gasteiger partial charge in [0.15, 0.2) is 6.29 Å². The molecule has 31 heavy (non-hydrogen) atoms. The number of ether oxygens (including phenoxy) is 3. The molecule has 0 fully saturated rings. The Morgan fingerprint density at radius 3 is 2.61 bits per heavy atom. The van der Waals surface area contributed by atoms with Crippen LogP contribution in [0.4, 0.5) is 0 Å². The highest BCUT2D eigenvalue weighted by Gasteiger charge is 2.25. The van der Waals surface area contributed by atoms with E-state index in [1.165, 1.54) is 0 Å². The summed E-state index contributed by atoms with van der Waals surface area (Å²) in [6.07, 6.45) is 2.70. The van der Waals surface area contributed by atoms with E-state index in [4.69, 9.17) is 14.2 Å². The van der Waals surface area contributed by atoms with Crippen molar-refractivity contribution in [2.45, 2.75) is 39.8 Å². The molecule has 0 aliphatic rings. The number of unbranched alkanes of at least 4 members (excludes halogenated alkanes) is 1. The number of rotatable bonds is 10. The minimum atomic E-state index is -0.408. The highest BCUT2D eigenvalue weighted by Crippen LogP contribution is 2.36. The molecule has 0 aliphatic heterocycles. The number of carbonyl (C=O) groups is 2. The van der Waals surface area contributed by atoms with Crippen LogP contribution in [0.25, 0.3) is 10.9 Å². The van der Waals surface area contributed by atoms with Gasteiger partial charge in [-0.2, -0.15) is 0 Å². The number of hydrogen-bond donors (Lipinski definition) is 0. The van der Waals surface area contributed by atoms with Crippen LogP contribution in [0.1, 0.15) is 53.1 Å². The standard InChI is InChI=1S/C24H26BrNO5/c1-4-6-11-26-19-13-18(25)22(29-3)12-17(19)23(24(28)30-5-2)20(26)15-31-21-10-8-7-9-16(21)14-27/h7-10,12-14H,4-6,11,15H2,1-3H3. The topological polar surface area (TPSA) is 66.8 Å². The third-order valence-corrected chi connectivity index (χ3v) is 5.69. The monoisotopic (exact) mass is 487 g/mol. The molecule has 164 valence electrons. The molecule has 0 bridgehead atoms. The SMILES string of the molecule is CCCCn1c(COc2ccccc2C=O)c(C(=O)OCC)c2cc(OC)c(Br)cc21. The lowest BCUT2D eigenvalue weighted by Gasteiger charge is -2.14. The van der Waals surface area contributed by atoms with Crippen LogP contribution in [-0.4, -0.2) is 30.5 Å². The van der Waals surface area contributed by atoms with Crippen molar-refractivity contribution in [1.29, 1.82) is 0 Å². The minimum Gasteiger partial charge on any atom is -0.496 e. The Balaban J connectivity index is 2.18. The molecule has 0 N–H and O–H groups in total. The van der Waals surface area contributed by atoms with E-state index in [0.717, 1.165) is 41.0 Å². The van der Waals surface area contributed by atoms with Crippen molar-refractivity contribution in [3.8, 4) is 11.5 Å². The third-order valence-electron chi connectivity index (χ3n) is 5.07. The van der Waals surface area contributed by atoms with E-state index in [9.17, 15) is 9.59 Å². The van der Waals surface area contributed by atoms with Crippen LogP contribution in [0.3, 0.4) is 0 Å². The van der Waals surface area contributed by atoms with Crippen molar-refractivity contribution in [3.05, 3.63) is 57.7 Å². The van der Waals surface area contributed by atoms with Gasteiger partial charge in [0.2, 0.25) is 0 Å². The first-order valence-corrected chi connectivity index (χ1v) is 11.1. The zero-order valence-electron chi connectivity index (χ0n) is 17.9. The zero-order chi connectivity index (χ0) is 22.4. The van der Waals surface area contributed by atoms with Gasteiger partial charge in [0.05, 0.1) is 40.5 Å². The molecule has 1 heterocycles. The molecule has 3 aromatic rings. The molecule has 2 aromatic carbocycles. The molecule has 0 unspecified atom stereocenters. The number of halogens is 1. The van der Waals surface area contributed by atoms with Crippen LogP contribution in [-0.2, 0) is 17.9 Å². The summed E-state index contributed by atoms with van der Waals surface area (Å²) in [5.74, 6) is 0.692. The third kappa shape index (κ3) is 4.77. The van der Waals surface area contributed by atoms with Crippen molar-refractivity contribution in [2.24, 2.45) is 0 Å². The fourth-order valence-electron chi connectivity index (χ4n) is 3.57. The van der Waals surface area contributed by atoms with Gasteiger partial charge in [-0.1, -0.05) is 25.5 Å². The Morgan fingerprint density at radius 2 is 1.94 bits per heavy atom. The first-order chi connectivity index (χ1) is 15.0. The summed E-state index contributed by atoms with van der Waals surface area (Å²) in [6, 6.07) is 10.8. The van der Waals surface area contributed by atoms with E-state index in [1.807, 2.05) is 18.2 Å². The number of fused-ring (bicyclic) bond motifs is 1. The van der Waals surface area contributed by atoms with Crippen LogP contribution < -0.4 is 9.47 Å². The lowest BCUT2D eigenvalue weighted by molar-refractivity contribution is 0.0525. The second-order valence-electron chi connectivity index (χ2n) is 7.00. The predicted octanol–water partition coefficient (Wildman–Crippen LogP) is 5.78. The summed E-state index contributed by atoms with van der Waals surface area (Å²) < 4.78 is 19.7. The summed E-state index contributed by atoms with van der Waals surface area (Å²) in [7, 11) is 1.59. The van der Waals surface area contributed by atoms with Gasteiger partial charge in [-0.15, -0.1) is 0 Å². The van der Waals surface area contributed by atoms with E-state index in [-0.39, 0.29) is 13.2 Å². The average Bonchev–Trinajstić information content (AvgIpc) is 3.07. The second kappa shape index (κ2) is 10.5. The zero-order valence-corrected chi connectivity index (χ0v) is 19.5. The fourth-order valence-corrected chi connectivity index (χ4v) is 4.06. The molecule has 1 aromatic heterocycles. The average molecular weight is 488 g/mol. The molecule has 0 aliphatic carbocycles. The van der Waals surface area contributed by atoms with E-state index < -0.39 is 5.97 Å². The molecular weight excluding hydrogens is 462 g/mol. The first-order valence-electron chi connectivity index (χ1n) is 10.3. The van der Waals surface area contributed by atoms with Crippen molar-refractivity contribution >= 4 is 39.1 Å². The number of aryl methyl sites for hydroxylation is 1. The largest absolute Gasteiger partial charge is 0.496 e. The highest BCUT2D eigenvalue weighted by atomic mass is 79.9. The van der Waals surface area contributed by atoms with Gasteiger partial charge in [0.25, 0.3) is 0 Å². The normalized spacial score (nSPS) is 10.8. The van der Waals surface area contributed by atoms with Crippen LogP contribution in [0, 0.1) is 0 Å². The van der Waals surface area contributed by atoms with Gasteiger partial charge in [-0.25, -0.2) is 4.79 Å². The second-order valence-corrected chi connectivity index (χ2v) is 7.85. The van der Waals surface area contributed by atoms with Crippen molar-refractivity contribution < 1.29 is 23.8 Å². The number of hydrogen-bond acceptors (Lipinski definition) is 5. The number of methoxy groups -OCH3 is 1. The van der Waals surface area contributed by atoms with E-state index >= 15 is 0 Å². The van der Waals surface area contributed by atoms with E-state index in [0.29, 0.717) is 28.3 Å². The van der Waals surface area contributed by atoms with Gasteiger partial charge in [0, 0.05) is 11.9 Å². The number of benzene rings is 2. The summed E-state index contributed by atoms with van der Waals surface area (Å²) in [4.78, 5) is 24.4. The van der Waals surface area contributed by atoms with Crippen molar-refractivity contribution in [2.75, 3.05) is 13.7 Å². The number of aldehydes is 1. The van der Waals surface area contributed by atoms with Crippen LogP contribution in [0.15, 0.2) is 40.9 Å². The van der Waals surface area contributed by atoms with Crippen LogP contribution in [0.2, 0.25) is 0 Å². The maximum absolute atomic E-state index is 13.0. The van der Waals surface area contributed by atoms with Gasteiger partial charge >= 0.3 is 5.97 Å². The van der Waals surface area contributed by atoms with Gasteiger partial charge in [-0.3, -0.25) is 4.79 Å². The Hall–Kier alpha value is -2.80. The number of nitrogens with zero attached hydrogens (tertiary/aromatic N) is 1. The summed E-state index contributed by atoms with van der Waals surface area (Å²) in [5, 5.41) is 0.747. The highest BCUT2D eigenvalue weighted by molar-refractivity contribution is 9.10. The molecule has 7 heteroatoms. The molecule has 0 amide bonds. The van der Waals surface area contributed by atoms with E-state index in [1.54, 1.807) is 32.2 Å². The summed E-state index contributed by atoms with van der Waals surface area (Å²) in [6.45, 7) is 5.01. The van der Waals surface area contributed by atoms with Gasteiger partial charge in [0.1, 0.15) is 18.1 Å². The maximum atomic E-state index is 13.0. The predicted molar refractivity (Wildman–Crippen MR) is 123 cm³/mol. The molecule has 3 rings (SSSR count). The van der Waals surface area contributed by atoms with Crippen molar-refractivity contribution in [1.82, 2.24) is 4.57 Å². The lowest BCUT2D eigenvalue weighted by Crippen LogP contribution is -2.13. The minimum absolute atomic E-state index is 0.122. The van der Waals surface area contributed by atoms with E-state index in [2.05, 4.69) is 27.4 Å². The lowest BCUT2D eigenvalue weighted by atomic mass is 10.1. The maximum Gasteiger partial charge on any atom is 0.340 e. The molecule has 0 radical (unpaired) electrons. The molecular formula is C24H26BrNO5. The summed E-state index contributed by atoms with van der Waals surface area (Å²) in [5.41, 5.74) is 2.53.